The summed E-state index contributed by atoms with van der Waals surface area (Å²) in [7, 11) is 0. The van der Waals surface area contributed by atoms with Crippen molar-refractivity contribution in [3.8, 4) is 5.82 Å². The third-order valence-electron chi connectivity index (χ3n) is 4.70. The number of amides is 1. The van der Waals surface area contributed by atoms with Crippen molar-refractivity contribution in [2.75, 3.05) is 10.6 Å². The number of hydrogen-bond acceptors (Lipinski definition) is 6. The molecule has 0 saturated heterocycles. The molecular weight excluding hydrogens is 390 g/mol. The van der Waals surface area contributed by atoms with Crippen LogP contribution in [0, 0.1) is 0 Å². The fraction of sp³-hybridized carbons (Fsp3) is 0. The summed E-state index contributed by atoms with van der Waals surface area (Å²) in [6, 6.07) is 20.6. The van der Waals surface area contributed by atoms with Crippen molar-refractivity contribution in [3.63, 3.8) is 0 Å². The zero-order valence-electron chi connectivity index (χ0n) is 16.3. The Morgan fingerprint density at radius 2 is 1.68 bits per heavy atom. The van der Waals surface area contributed by atoms with E-state index in [0.29, 0.717) is 23.0 Å². The summed E-state index contributed by atoms with van der Waals surface area (Å²) in [5.74, 6) is 1.04. The highest BCUT2D eigenvalue weighted by molar-refractivity contribution is 6.11. The molecule has 0 bridgehead atoms. The van der Waals surface area contributed by atoms with Crippen LogP contribution in [0.25, 0.3) is 16.6 Å². The molecule has 3 heterocycles. The Labute approximate surface area is 177 Å². The number of rotatable bonds is 5. The summed E-state index contributed by atoms with van der Waals surface area (Å²) >= 11 is 0. The SMILES string of the molecule is O=C(Nc1ccc(Nc2cc(-n3cccn3)ncn2)cc1)c1nccc2ccccc12. The van der Waals surface area contributed by atoms with E-state index in [-0.39, 0.29) is 5.91 Å². The predicted molar refractivity (Wildman–Crippen MR) is 119 cm³/mol. The maximum absolute atomic E-state index is 12.7. The molecule has 5 aromatic rings. The number of carbonyl (C=O) groups excluding carboxylic acids is 1. The summed E-state index contributed by atoms with van der Waals surface area (Å²) in [5, 5.41) is 12.1. The van der Waals surface area contributed by atoms with Crippen LogP contribution in [0.2, 0.25) is 0 Å². The highest BCUT2D eigenvalue weighted by Gasteiger charge is 2.11. The maximum Gasteiger partial charge on any atom is 0.274 e. The fourth-order valence-electron chi connectivity index (χ4n) is 3.22. The lowest BCUT2D eigenvalue weighted by atomic mass is 10.1. The van der Waals surface area contributed by atoms with Gasteiger partial charge in [0.05, 0.1) is 0 Å². The van der Waals surface area contributed by atoms with E-state index in [0.717, 1.165) is 16.5 Å². The molecule has 8 nitrogen and oxygen atoms in total. The molecular formula is C23H17N7O. The molecule has 2 aromatic carbocycles. The second-order valence-corrected chi connectivity index (χ2v) is 6.75. The predicted octanol–water partition coefficient (Wildman–Crippen LogP) is 4.21. The second-order valence-electron chi connectivity index (χ2n) is 6.75. The average molecular weight is 407 g/mol. The first-order valence-corrected chi connectivity index (χ1v) is 9.60. The van der Waals surface area contributed by atoms with Crippen LogP contribution in [-0.2, 0) is 0 Å². The largest absolute Gasteiger partial charge is 0.340 e. The Balaban J connectivity index is 1.30. The molecule has 0 aliphatic heterocycles. The van der Waals surface area contributed by atoms with E-state index in [9.17, 15) is 4.79 Å². The van der Waals surface area contributed by atoms with Gasteiger partial charge in [-0.05, 0) is 41.8 Å². The number of pyridine rings is 1. The van der Waals surface area contributed by atoms with Crippen LogP contribution in [0.15, 0.2) is 91.6 Å². The van der Waals surface area contributed by atoms with Crippen LogP contribution in [0.5, 0.6) is 0 Å². The quantitative estimate of drug-likeness (QED) is 0.453. The molecule has 0 aliphatic carbocycles. The topological polar surface area (TPSA) is 97.6 Å². The van der Waals surface area contributed by atoms with Crippen molar-refractivity contribution in [3.05, 3.63) is 97.3 Å². The van der Waals surface area contributed by atoms with Gasteiger partial charge in [-0.15, -0.1) is 0 Å². The first kappa shape index (κ1) is 18.4. The van der Waals surface area contributed by atoms with Crippen molar-refractivity contribution < 1.29 is 4.79 Å². The van der Waals surface area contributed by atoms with Crippen molar-refractivity contribution in [1.82, 2.24) is 24.7 Å². The molecule has 0 unspecified atom stereocenters. The van der Waals surface area contributed by atoms with E-state index in [4.69, 9.17) is 0 Å². The van der Waals surface area contributed by atoms with E-state index in [2.05, 4.69) is 30.7 Å². The van der Waals surface area contributed by atoms with Crippen LogP contribution in [0.3, 0.4) is 0 Å². The van der Waals surface area contributed by atoms with Crippen LogP contribution < -0.4 is 10.6 Å². The van der Waals surface area contributed by atoms with Gasteiger partial charge in [-0.25, -0.2) is 14.6 Å². The lowest BCUT2D eigenvalue weighted by molar-refractivity contribution is 0.102. The zero-order valence-corrected chi connectivity index (χ0v) is 16.3. The van der Waals surface area contributed by atoms with Gasteiger partial charge >= 0.3 is 0 Å². The van der Waals surface area contributed by atoms with Crippen molar-refractivity contribution in [2.45, 2.75) is 0 Å². The smallest absolute Gasteiger partial charge is 0.274 e. The molecule has 1 amide bonds. The van der Waals surface area contributed by atoms with Crippen molar-refractivity contribution >= 4 is 33.9 Å². The molecule has 0 fully saturated rings. The molecule has 8 heteroatoms. The van der Waals surface area contributed by atoms with Gasteiger partial charge in [-0.2, -0.15) is 5.10 Å². The number of nitrogens with one attached hydrogen (secondary N) is 2. The molecule has 0 spiro atoms. The first-order valence-electron chi connectivity index (χ1n) is 9.60. The number of carbonyl (C=O) groups is 1. The lowest BCUT2D eigenvalue weighted by Gasteiger charge is -2.10. The molecule has 0 aliphatic rings. The van der Waals surface area contributed by atoms with Crippen LogP contribution >= 0.6 is 0 Å². The van der Waals surface area contributed by atoms with Crippen molar-refractivity contribution in [2.24, 2.45) is 0 Å². The van der Waals surface area contributed by atoms with Gasteiger partial charge in [0.15, 0.2) is 5.82 Å². The molecule has 0 atom stereocenters. The van der Waals surface area contributed by atoms with Gasteiger partial charge in [-0.1, -0.05) is 24.3 Å². The zero-order chi connectivity index (χ0) is 21.0. The number of hydrogen-bond donors (Lipinski definition) is 2. The van der Waals surface area contributed by atoms with Gasteiger partial charge in [0, 0.05) is 41.4 Å². The summed E-state index contributed by atoms with van der Waals surface area (Å²) in [6.45, 7) is 0. The Bertz CT molecular complexity index is 1340. The molecule has 5 rings (SSSR count). The van der Waals surface area contributed by atoms with E-state index in [1.165, 1.54) is 6.33 Å². The van der Waals surface area contributed by atoms with E-state index in [1.54, 1.807) is 23.1 Å². The Kier molecular flexibility index (Phi) is 4.78. The third kappa shape index (κ3) is 3.95. The van der Waals surface area contributed by atoms with Gasteiger partial charge in [-0.3, -0.25) is 9.78 Å². The number of aromatic nitrogens is 5. The second kappa shape index (κ2) is 8.03. The summed E-state index contributed by atoms with van der Waals surface area (Å²) in [4.78, 5) is 25.5. The third-order valence-corrected chi connectivity index (χ3v) is 4.70. The number of benzene rings is 2. The van der Waals surface area contributed by atoms with Crippen molar-refractivity contribution in [1.29, 1.82) is 0 Å². The molecule has 150 valence electrons. The standard InChI is InChI=1S/C23H17N7O/c31-23(22-19-5-2-1-4-16(19)10-12-24-22)29-18-8-6-17(7-9-18)28-20-14-21(26-15-25-20)30-13-3-11-27-30/h1-15H,(H,29,31)(H,25,26,28). The molecule has 3 aromatic heterocycles. The minimum absolute atomic E-state index is 0.253. The van der Waals surface area contributed by atoms with E-state index < -0.39 is 0 Å². The molecule has 31 heavy (non-hydrogen) atoms. The number of nitrogens with zero attached hydrogens (tertiary/aromatic N) is 5. The van der Waals surface area contributed by atoms with E-state index >= 15 is 0 Å². The number of fused-ring (bicyclic) bond motifs is 1. The molecule has 0 radical (unpaired) electrons. The van der Waals surface area contributed by atoms with Crippen LogP contribution in [0.4, 0.5) is 17.2 Å². The van der Waals surface area contributed by atoms with E-state index in [1.807, 2.05) is 66.9 Å². The minimum atomic E-state index is -0.253. The normalized spacial score (nSPS) is 10.7. The van der Waals surface area contributed by atoms with Gasteiger partial charge in [0.1, 0.15) is 17.8 Å². The molecule has 2 N–H and O–H groups in total. The van der Waals surface area contributed by atoms with Crippen LogP contribution in [0.1, 0.15) is 10.5 Å². The Hall–Kier alpha value is -4.59. The maximum atomic E-state index is 12.7. The van der Waals surface area contributed by atoms with Crippen LogP contribution in [-0.4, -0.2) is 30.6 Å². The Morgan fingerprint density at radius 3 is 2.52 bits per heavy atom. The monoisotopic (exact) mass is 407 g/mol. The van der Waals surface area contributed by atoms with Gasteiger partial charge in [0.25, 0.3) is 5.91 Å². The summed E-state index contributed by atoms with van der Waals surface area (Å²) in [6.07, 6.45) is 6.62. The highest BCUT2D eigenvalue weighted by Crippen LogP contribution is 2.21. The average Bonchev–Trinajstić information content (AvgIpc) is 3.35. The Morgan fingerprint density at radius 1 is 0.839 bits per heavy atom. The molecule has 0 saturated carbocycles. The van der Waals surface area contributed by atoms with Gasteiger partial charge in [0.2, 0.25) is 0 Å². The summed E-state index contributed by atoms with van der Waals surface area (Å²) in [5.41, 5.74) is 1.89. The summed E-state index contributed by atoms with van der Waals surface area (Å²) < 4.78 is 1.66. The minimum Gasteiger partial charge on any atom is -0.340 e. The lowest BCUT2D eigenvalue weighted by Crippen LogP contribution is -2.14. The van der Waals surface area contributed by atoms with Gasteiger partial charge < -0.3 is 10.6 Å². The fourth-order valence-corrected chi connectivity index (χ4v) is 3.22. The first-order chi connectivity index (χ1) is 15.3. The highest BCUT2D eigenvalue weighted by atomic mass is 16.1. The number of anilines is 3.